The van der Waals surface area contributed by atoms with Gasteiger partial charge in [-0.2, -0.15) is 0 Å². The number of anilines is 1. The van der Waals surface area contributed by atoms with Crippen LogP contribution in [0.15, 0.2) is 95.2 Å². The Hall–Kier alpha value is -8.81. The van der Waals surface area contributed by atoms with E-state index in [0.717, 1.165) is 28.0 Å². The van der Waals surface area contributed by atoms with Gasteiger partial charge in [-0.1, -0.05) is 51.5 Å². The van der Waals surface area contributed by atoms with Crippen LogP contribution >= 0.6 is 0 Å². The van der Waals surface area contributed by atoms with Gasteiger partial charge >= 0.3 is 0 Å². The number of amides is 7. The fourth-order valence-corrected chi connectivity index (χ4v) is 10.4. The molecule has 0 radical (unpaired) electrons. The van der Waals surface area contributed by atoms with Crippen molar-refractivity contribution < 1.29 is 57.2 Å². The summed E-state index contributed by atoms with van der Waals surface area (Å²) in [5.41, 5.74) is 5.95. The zero-order valence-corrected chi connectivity index (χ0v) is 46.6. The van der Waals surface area contributed by atoms with E-state index in [2.05, 4.69) is 16.0 Å². The van der Waals surface area contributed by atoms with Crippen molar-refractivity contribution >= 4 is 82.0 Å². The SMILES string of the molecule is COc1ccc(C2=CN3C(=O)c4cc(OC)c(OCCCOc5cc6c(cc5OC)C(=O)N5C=C(c7ccc(NC(=O)[C@H](C)NC(=O)C(NC(=O)CCCCCN8C(=O)CC(C)C8=O)C(C)C)cc7)CC5C=N6)cc4N=C[C@@H]3C2)cc1. The lowest BCUT2D eigenvalue weighted by Gasteiger charge is -2.24. The lowest BCUT2D eigenvalue weighted by Crippen LogP contribution is -2.53. The van der Waals surface area contributed by atoms with E-state index < -0.39 is 23.9 Å². The van der Waals surface area contributed by atoms with E-state index >= 15 is 0 Å². The molecule has 4 aromatic rings. The first-order valence-corrected chi connectivity index (χ1v) is 27.4. The summed E-state index contributed by atoms with van der Waals surface area (Å²) in [7, 11) is 4.65. The monoisotopic (exact) mass is 1100 g/mol. The van der Waals surface area contributed by atoms with Gasteiger partial charge in [-0.05, 0) is 84.4 Å². The molecule has 1 saturated heterocycles. The number of benzene rings is 4. The van der Waals surface area contributed by atoms with Crippen LogP contribution in [0.25, 0.3) is 11.1 Å². The minimum absolute atomic E-state index is 0.153. The second-order valence-electron chi connectivity index (χ2n) is 21.0. The average Bonchev–Trinajstić information content (AvgIpc) is 4.23. The Balaban J connectivity index is 0.736. The van der Waals surface area contributed by atoms with Crippen molar-refractivity contribution in [2.45, 2.75) is 103 Å². The molecule has 0 saturated carbocycles. The van der Waals surface area contributed by atoms with Crippen molar-refractivity contribution in [3.05, 3.63) is 107 Å². The molecule has 1 fully saturated rings. The number of carbonyl (C=O) groups is 7. The van der Waals surface area contributed by atoms with Gasteiger partial charge < -0.3 is 49.4 Å². The molecule has 5 aliphatic heterocycles. The molecule has 424 valence electrons. The first-order chi connectivity index (χ1) is 39.0. The Morgan fingerprint density at radius 1 is 0.630 bits per heavy atom. The van der Waals surface area contributed by atoms with E-state index in [9.17, 15) is 33.6 Å². The fourth-order valence-electron chi connectivity index (χ4n) is 10.4. The van der Waals surface area contributed by atoms with Crippen LogP contribution in [0.2, 0.25) is 0 Å². The molecule has 20 heteroatoms. The molecule has 5 heterocycles. The normalized spacial score (nSPS) is 18.7. The number of aliphatic imine (C=N–C) groups is 2. The summed E-state index contributed by atoms with van der Waals surface area (Å²) in [6.07, 6.45) is 11.0. The number of nitrogens with zero attached hydrogens (tertiary/aromatic N) is 5. The van der Waals surface area contributed by atoms with E-state index in [1.54, 1.807) is 93.4 Å². The number of hydrogen-bond acceptors (Lipinski definition) is 14. The third-order valence-corrected chi connectivity index (χ3v) is 15.0. The fraction of sp³-hybridized carbons (Fsp3) is 0.393. The van der Waals surface area contributed by atoms with Gasteiger partial charge in [-0.15, -0.1) is 0 Å². The average molecular weight is 1110 g/mol. The van der Waals surface area contributed by atoms with Crippen LogP contribution in [0, 0.1) is 11.8 Å². The summed E-state index contributed by atoms with van der Waals surface area (Å²) >= 11 is 0. The van der Waals surface area contributed by atoms with E-state index in [0.29, 0.717) is 96.3 Å². The maximum absolute atomic E-state index is 14.1. The molecule has 0 aliphatic carbocycles. The second-order valence-corrected chi connectivity index (χ2v) is 21.0. The highest BCUT2D eigenvalue weighted by atomic mass is 16.5. The van der Waals surface area contributed by atoms with Gasteiger partial charge in [-0.3, -0.25) is 48.4 Å². The van der Waals surface area contributed by atoms with Crippen molar-refractivity contribution in [2.75, 3.05) is 46.4 Å². The van der Waals surface area contributed by atoms with E-state index in [-0.39, 0.29) is 79.5 Å². The Morgan fingerprint density at radius 2 is 1.17 bits per heavy atom. The van der Waals surface area contributed by atoms with Crippen LogP contribution in [0.4, 0.5) is 17.1 Å². The van der Waals surface area contributed by atoms with Gasteiger partial charge in [0.25, 0.3) is 11.8 Å². The highest BCUT2D eigenvalue weighted by Crippen LogP contribution is 2.42. The number of hydrogen-bond donors (Lipinski definition) is 3. The van der Waals surface area contributed by atoms with Crippen molar-refractivity contribution in [3.8, 4) is 28.7 Å². The molecule has 0 bridgehead atoms. The molecule has 4 aromatic carbocycles. The van der Waals surface area contributed by atoms with Crippen molar-refractivity contribution in [3.63, 3.8) is 0 Å². The highest BCUT2D eigenvalue weighted by Gasteiger charge is 2.37. The summed E-state index contributed by atoms with van der Waals surface area (Å²) < 4.78 is 29.0. The molecular formula is C61H68N8O12. The third-order valence-electron chi connectivity index (χ3n) is 15.0. The smallest absolute Gasteiger partial charge is 0.260 e. The minimum atomic E-state index is -0.923. The number of unbranched alkanes of at least 4 members (excludes halogenated alkanes) is 2. The summed E-state index contributed by atoms with van der Waals surface area (Å²) in [4.78, 5) is 106. The van der Waals surface area contributed by atoms with Gasteiger partial charge in [-0.25, -0.2) is 0 Å². The van der Waals surface area contributed by atoms with Crippen LogP contribution in [0.3, 0.4) is 0 Å². The van der Waals surface area contributed by atoms with Gasteiger partial charge in [0.1, 0.15) is 17.8 Å². The molecule has 5 atom stereocenters. The zero-order chi connectivity index (χ0) is 57.5. The zero-order valence-electron chi connectivity index (χ0n) is 46.6. The largest absolute Gasteiger partial charge is 0.497 e. The number of carbonyl (C=O) groups excluding carboxylic acids is 7. The lowest BCUT2D eigenvalue weighted by molar-refractivity contribution is -0.139. The summed E-state index contributed by atoms with van der Waals surface area (Å²) in [6, 6.07) is 19.3. The van der Waals surface area contributed by atoms with Crippen LogP contribution < -0.4 is 39.6 Å². The van der Waals surface area contributed by atoms with Crippen LogP contribution in [-0.2, 0) is 24.0 Å². The summed E-state index contributed by atoms with van der Waals surface area (Å²) in [5, 5.41) is 8.37. The minimum Gasteiger partial charge on any atom is -0.497 e. The summed E-state index contributed by atoms with van der Waals surface area (Å²) in [6.45, 7) is 7.76. The first kappa shape index (κ1) is 56.9. The maximum Gasteiger partial charge on any atom is 0.260 e. The third kappa shape index (κ3) is 12.8. The topological polar surface area (TPSA) is 236 Å². The predicted molar refractivity (Wildman–Crippen MR) is 304 cm³/mol. The van der Waals surface area contributed by atoms with E-state index in [1.165, 1.54) is 19.1 Å². The standard InChI is InChI=1S/C61H68N8O12/c1-35(2)56(66-54(70)12-9-8-10-21-67-55(71)24-36(3)59(67)74)58(73)64-37(4)57(72)65-42-17-13-38(14-18-42)40-25-43-31-62-48-29-52(50(78-6)27-46(48)60(75)68(43)33-40)80-22-11-23-81-53-30-49-47(28-51(53)79-7)61(76)69-34-41(26-44(69)32-63-49)39-15-19-45(77-5)20-16-39/h13-20,27-37,43-44,56H,8-12,21-26H2,1-7H3,(H,64,73)(H,65,72)(H,66,70)/t36?,37-,43?,44-,56?/m0/s1. The quantitative estimate of drug-likeness (QED) is 0.0473. The molecule has 81 heavy (non-hydrogen) atoms. The Bertz CT molecular complexity index is 3220. The van der Waals surface area contributed by atoms with Crippen LogP contribution in [0.1, 0.15) is 111 Å². The van der Waals surface area contributed by atoms with Crippen LogP contribution in [0.5, 0.6) is 28.7 Å². The lowest BCUT2D eigenvalue weighted by atomic mass is 10.0. The number of likely N-dealkylation sites (tertiary alicyclic amines) is 1. The number of nitrogens with one attached hydrogen (secondary N) is 3. The van der Waals surface area contributed by atoms with E-state index in [4.69, 9.17) is 33.7 Å². The molecule has 20 nitrogen and oxygen atoms in total. The van der Waals surface area contributed by atoms with Gasteiger partial charge in [0.2, 0.25) is 29.5 Å². The molecule has 0 aromatic heterocycles. The summed E-state index contributed by atoms with van der Waals surface area (Å²) in [5.74, 6) is -0.164. The Labute approximate surface area is 470 Å². The van der Waals surface area contributed by atoms with Gasteiger partial charge in [0.05, 0.1) is 69.1 Å². The molecule has 7 amide bonds. The maximum atomic E-state index is 14.1. The number of methoxy groups -OCH3 is 3. The predicted octanol–water partition coefficient (Wildman–Crippen LogP) is 8.04. The number of fused-ring (bicyclic) bond motifs is 4. The first-order valence-electron chi connectivity index (χ1n) is 27.4. The molecular weight excluding hydrogens is 1040 g/mol. The van der Waals surface area contributed by atoms with Crippen LogP contribution in [-0.4, -0.2) is 134 Å². The highest BCUT2D eigenvalue weighted by molar-refractivity contribution is 6.07. The Kier molecular flexibility index (Phi) is 17.6. The number of imide groups is 1. The molecule has 5 aliphatic rings. The molecule has 3 N–H and O–H groups in total. The number of rotatable bonds is 23. The number of ether oxygens (including phenoxy) is 5. The van der Waals surface area contributed by atoms with Crippen molar-refractivity contribution in [1.82, 2.24) is 25.3 Å². The van der Waals surface area contributed by atoms with Crippen molar-refractivity contribution in [1.29, 1.82) is 0 Å². The second kappa shape index (κ2) is 25.1. The Morgan fingerprint density at radius 3 is 1.67 bits per heavy atom. The van der Waals surface area contributed by atoms with Gasteiger partial charge in [0.15, 0.2) is 23.0 Å². The molecule has 9 rings (SSSR count). The van der Waals surface area contributed by atoms with E-state index in [1.807, 2.05) is 48.8 Å². The van der Waals surface area contributed by atoms with Gasteiger partial charge in [0, 0.05) is 87.2 Å². The van der Waals surface area contributed by atoms with Crippen molar-refractivity contribution in [2.24, 2.45) is 21.8 Å². The molecule has 0 spiro atoms. The molecule has 3 unspecified atom stereocenters.